The van der Waals surface area contributed by atoms with Gasteiger partial charge in [-0.1, -0.05) is 30.3 Å². The van der Waals surface area contributed by atoms with Crippen LogP contribution in [-0.4, -0.2) is 56.4 Å². The number of benzene rings is 1. The average molecular weight is 376 g/mol. The molecule has 150 valence electrons. The predicted octanol–water partition coefficient (Wildman–Crippen LogP) is 1.53. The summed E-state index contributed by atoms with van der Waals surface area (Å²) in [6.07, 6.45) is 0. The highest BCUT2D eigenvalue weighted by Crippen LogP contribution is 2.14. The van der Waals surface area contributed by atoms with Gasteiger partial charge in [-0.3, -0.25) is 9.59 Å². The van der Waals surface area contributed by atoms with E-state index in [4.69, 9.17) is 0 Å². The summed E-state index contributed by atoms with van der Waals surface area (Å²) in [5.74, 6) is 0.378. The van der Waals surface area contributed by atoms with Gasteiger partial charge in [0.2, 0.25) is 11.8 Å². The lowest BCUT2D eigenvalue weighted by atomic mass is 9.92. The van der Waals surface area contributed by atoms with Gasteiger partial charge in [0.25, 0.3) is 0 Å². The first kappa shape index (κ1) is 22.5. The third-order valence-electron chi connectivity index (χ3n) is 4.17. The van der Waals surface area contributed by atoms with E-state index >= 15 is 0 Å². The van der Waals surface area contributed by atoms with Gasteiger partial charge >= 0.3 is 0 Å². The highest BCUT2D eigenvalue weighted by molar-refractivity contribution is 5.86. The molecule has 1 aromatic rings. The molecule has 1 unspecified atom stereocenters. The maximum Gasteiger partial charge on any atom is 0.243 e. The fourth-order valence-electron chi connectivity index (χ4n) is 2.26. The molecule has 0 aliphatic rings. The van der Waals surface area contributed by atoms with Crippen molar-refractivity contribution in [3.63, 3.8) is 0 Å². The van der Waals surface area contributed by atoms with Crippen LogP contribution in [0.15, 0.2) is 35.3 Å². The number of carbonyl (C=O) groups excluding carboxylic acids is 2. The molecule has 0 spiro atoms. The first-order chi connectivity index (χ1) is 12.7. The Labute approximate surface area is 162 Å². The van der Waals surface area contributed by atoms with E-state index in [1.54, 1.807) is 14.1 Å². The number of hydrogen-bond donors (Lipinski definition) is 3. The highest BCUT2D eigenvalue weighted by Gasteiger charge is 2.27. The van der Waals surface area contributed by atoms with Crippen LogP contribution in [0, 0.1) is 5.41 Å². The zero-order valence-electron chi connectivity index (χ0n) is 17.3. The first-order valence-corrected chi connectivity index (χ1v) is 9.25. The normalized spacial score (nSPS) is 12.9. The van der Waals surface area contributed by atoms with E-state index in [1.165, 1.54) is 4.90 Å². The van der Waals surface area contributed by atoms with E-state index in [2.05, 4.69) is 20.9 Å². The quantitative estimate of drug-likeness (QED) is 0.475. The van der Waals surface area contributed by atoms with Crippen LogP contribution in [0.25, 0.3) is 0 Å². The Hall–Kier alpha value is -2.57. The van der Waals surface area contributed by atoms with E-state index in [0.717, 1.165) is 5.56 Å². The van der Waals surface area contributed by atoms with Crippen LogP contribution in [0.2, 0.25) is 0 Å². The highest BCUT2D eigenvalue weighted by atomic mass is 16.2. The predicted molar refractivity (Wildman–Crippen MR) is 109 cm³/mol. The smallest absolute Gasteiger partial charge is 0.243 e. The van der Waals surface area contributed by atoms with Crippen LogP contribution < -0.4 is 16.0 Å². The molecule has 0 radical (unpaired) electrons. The number of nitrogens with one attached hydrogen (secondary N) is 3. The third-order valence-corrected chi connectivity index (χ3v) is 4.17. The number of likely N-dealkylation sites (N-methyl/N-ethyl adjacent to an activating group) is 1. The lowest BCUT2D eigenvalue weighted by Crippen LogP contribution is -2.48. The van der Waals surface area contributed by atoms with Crippen molar-refractivity contribution in [2.24, 2.45) is 10.4 Å². The molecular weight excluding hydrogens is 342 g/mol. The van der Waals surface area contributed by atoms with Gasteiger partial charge in [-0.15, -0.1) is 0 Å². The molecule has 27 heavy (non-hydrogen) atoms. The van der Waals surface area contributed by atoms with E-state index in [0.29, 0.717) is 19.0 Å². The summed E-state index contributed by atoms with van der Waals surface area (Å²) in [7, 11) is 3.40. The summed E-state index contributed by atoms with van der Waals surface area (Å²) < 4.78 is 0. The third kappa shape index (κ3) is 7.68. The van der Waals surface area contributed by atoms with Crippen LogP contribution in [0.3, 0.4) is 0 Å². The number of rotatable bonds is 8. The fourth-order valence-corrected chi connectivity index (χ4v) is 2.26. The standard InChI is InChI=1S/C20H33N5O2/c1-7-21-18(27)20(3,4)14-23-19(22-13-17(26)25(5)6)24-15(2)16-11-9-8-10-12-16/h8-12,15H,7,13-14H2,1-6H3,(H,21,27)(H2,22,23,24). The Bertz CT molecular complexity index is 641. The van der Waals surface area contributed by atoms with E-state index < -0.39 is 5.41 Å². The molecule has 1 aromatic carbocycles. The van der Waals surface area contributed by atoms with Crippen LogP contribution in [-0.2, 0) is 9.59 Å². The molecule has 7 nitrogen and oxygen atoms in total. The zero-order chi connectivity index (χ0) is 20.4. The molecule has 0 fully saturated rings. The maximum absolute atomic E-state index is 12.2. The summed E-state index contributed by atoms with van der Waals surface area (Å²) in [5, 5.41) is 9.35. The zero-order valence-corrected chi connectivity index (χ0v) is 17.3. The molecule has 0 saturated carbocycles. The van der Waals surface area contributed by atoms with Gasteiger partial charge < -0.3 is 20.9 Å². The minimum absolute atomic E-state index is 0.000473. The summed E-state index contributed by atoms with van der Waals surface area (Å²) in [6, 6.07) is 9.97. The van der Waals surface area contributed by atoms with Crippen molar-refractivity contribution in [2.45, 2.75) is 33.7 Å². The molecule has 3 N–H and O–H groups in total. The van der Waals surface area contributed by atoms with E-state index in [-0.39, 0.29) is 24.4 Å². The first-order valence-electron chi connectivity index (χ1n) is 9.25. The van der Waals surface area contributed by atoms with Gasteiger partial charge in [-0.05, 0) is 33.3 Å². The van der Waals surface area contributed by atoms with Crippen LogP contribution in [0.1, 0.15) is 39.3 Å². The molecule has 0 aliphatic heterocycles. The number of hydrogen-bond acceptors (Lipinski definition) is 3. The molecule has 0 heterocycles. The topological polar surface area (TPSA) is 85.8 Å². The second-order valence-electron chi connectivity index (χ2n) is 7.33. The number of nitrogens with zero attached hydrogens (tertiary/aromatic N) is 2. The summed E-state index contributed by atoms with van der Waals surface area (Å²) >= 11 is 0. The van der Waals surface area contributed by atoms with Crippen LogP contribution in [0.5, 0.6) is 0 Å². The van der Waals surface area contributed by atoms with Gasteiger partial charge in [-0.25, -0.2) is 4.99 Å². The molecule has 7 heteroatoms. The monoisotopic (exact) mass is 375 g/mol. The van der Waals surface area contributed by atoms with Gasteiger partial charge in [0.15, 0.2) is 5.96 Å². The summed E-state index contributed by atoms with van der Waals surface area (Å²) in [4.78, 5) is 30.0. The lowest BCUT2D eigenvalue weighted by molar-refractivity contribution is -0.129. The Kier molecular flexibility index (Phi) is 8.78. The van der Waals surface area contributed by atoms with Crippen molar-refractivity contribution in [2.75, 3.05) is 33.7 Å². The second kappa shape index (κ2) is 10.5. The number of guanidine groups is 1. The van der Waals surface area contributed by atoms with E-state index in [9.17, 15) is 9.59 Å². The van der Waals surface area contributed by atoms with Gasteiger partial charge in [0.1, 0.15) is 6.54 Å². The molecule has 0 aliphatic carbocycles. The summed E-state index contributed by atoms with van der Waals surface area (Å²) in [6.45, 7) is 8.67. The van der Waals surface area contributed by atoms with Crippen molar-refractivity contribution in [3.8, 4) is 0 Å². The number of amides is 2. The van der Waals surface area contributed by atoms with Gasteiger partial charge in [0.05, 0.1) is 11.5 Å². The van der Waals surface area contributed by atoms with Crippen molar-refractivity contribution in [1.82, 2.24) is 20.9 Å². The molecule has 0 aromatic heterocycles. The second-order valence-corrected chi connectivity index (χ2v) is 7.33. The Morgan fingerprint density at radius 2 is 1.78 bits per heavy atom. The van der Waals surface area contributed by atoms with Crippen molar-refractivity contribution in [1.29, 1.82) is 0 Å². The van der Waals surface area contributed by atoms with Crippen molar-refractivity contribution >= 4 is 17.8 Å². The van der Waals surface area contributed by atoms with Crippen LogP contribution >= 0.6 is 0 Å². The van der Waals surface area contributed by atoms with Crippen molar-refractivity contribution in [3.05, 3.63) is 35.9 Å². The molecule has 0 bridgehead atoms. The Balaban J connectivity index is 2.86. The Morgan fingerprint density at radius 1 is 1.15 bits per heavy atom. The molecule has 1 rings (SSSR count). The SMILES string of the molecule is CCNC(=O)C(C)(C)CNC(=NCC(=O)N(C)C)NC(C)c1ccccc1. The fraction of sp³-hybridized carbons (Fsp3) is 0.550. The molecular formula is C20H33N5O2. The maximum atomic E-state index is 12.2. The molecule has 0 saturated heterocycles. The Morgan fingerprint density at radius 3 is 2.33 bits per heavy atom. The largest absolute Gasteiger partial charge is 0.356 e. The average Bonchev–Trinajstić information content (AvgIpc) is 2.64. The van der Waals surface area contributed by atoms with Gasteiger partial charge in [0, 0.05) is 27.2 Å². The summed E-state index contributed by atoms with van der Waals surface area (Å²) in [5.41, 5.74) is 0.494. The molecule has 2 amide bonds. The lowest BCUT2D eigenvalue weighted by Gasteiger charge is -2.26. The minimum Gasteiger partial charge on any atom is -0.356 e. The van der Waals surface area contributed by atoms with Gasteiger partial charge in [-0.2, -0.15) is 0 Å². The van der Waals surface area contributed by atoms with E-state index in [1.807, 2.05) is 58.0 Å². The minimum atomic E-state index is -0.611. The number of carbonyl (C=O) groups is 2. The number of aliphatic imine (C=N–C) groups is 1. The van der Waals surface area contributed by atoms with Crippen molar-refractivity contribution < 1.29 is 9.59 Å². The molecule has 1 atom stereocenters. The van der Waals surface area contributed by atoms with Crippen LogP contribution in [0.4, 0.5) is 0 Å².